The van der Waals surface area contributed by atoms with Crippen LogP contribution >= 0.6 is 0 Å². The Hall–Kier alpha value is -2.02. The van der Waals surface area contributed by atoms with Crippen LogP contribution in [-0.2, 0) is 22.6 Å². The van der Waals surface area contributed by atoms with Crippen molar-refractivity contribution in [2.24, 2.45) is 0 Å². The first-order chi connectivity index (χ1) is 13.2. The van der Waals surface area contributed by atoms with Crippen molar-refractivity contribution in [3.63, 3.8) is 0 Å². The summed E-state index contributed by atoms with van der Waals surface area (Å²) in [6, 6.07) is 6.16. The van der Waals surface area contributed by atoms with Gasteiger partial charge in [-0.05, 0) is 30.5 Å². The van der Waals surface area contributed by atoms with Crippen LogP contribution in [0.2, 0.25) is 0 Å². The van der Waals surface area contributed by atoms with E-state index in [-0.39, 0.29) is 11.7 Å². The quantitative estimate of drug-likeness (QED) is 0.780. The van der Waals surface area contributed by atoms with Gasteiger partial charge in [-0.2, -0.15) is 0 Å². The van der Waals surface area contributed by atoms with Gasteiger partial charge in [-0.15, -0.1) is 0 Å². The Morgan fingerprint density at radius 3 is 3.04 bits per heavy atom. The molecule has 0 N–H and O–H groups in total. The van der Waals surface area contributed by atoms with Crippen LogP contribution in [0, 0.1) is 6.92 Å². The van der Waals surface area contributed by atoms with E-state index >= 15 is 0 Å². The summed E-state index contributed by atoms with van der Waals surface area (Å²) in [7, 11) is 1.67. The maximum absolute atomic E-state index is 6.18. The van der Waals surface area contributed by atoms with Crippen LogP contribution in [0.4, 0.5) is 0 Å². The molecule has 1 unspecified atom stereocenters. The van der Waals surface area contributed by atoms with Gasteiger partial charge in [-0.3, -0.25) is 9.88 Å². The summed E-state index contributed by atoms with van der Waals surface area (Å²) in [4.78, 5) is 10.9. The lowest BCUT2D eigenvalue weighted by Crippen LogP contribution is -2.65. The molecule has 6 heteroatoms. The van der Waals surface area contributed by atoms with Gasteiger partial charge in [-0.25, -0.2) is 4.98 Å². The van der Waals surface area contributed by atoms with E-state index in [4.69, 9.17) is 14.2 Å². The van der Waals surface area contributed by atoms with Crippen molar-refractivity contribution in [2.45, 2.75) is 44.6 Å². The summed E-state index contributed by atoms with van der Waals surface area (Å²) < 4.78 is 17.7. The summed E-state index contributed by atoms with van der Waals surface area (Å²) in [6.45, 7) is 6.13. The maximum atomic E-state index is 6.18. The van der Waals surface area contributed by atoms with Gasteiger partial charge < -0.3 is 14.2 Å². The monoisotopic (exact) mass is 369 g/mol. The van der Waals surface area contributed by atoms with Crippen LogP contribution in [-0.4, -0.2) is 53.4 Å². The predicted molar refractivity (Wildman–Crippen MR) is 102 cm³/mol. The Balaban J connectivity index is 1.29. The van der Waals surface area contributed by atoms with E-state index < -0.39 is 0 Å². The van der Waals surface area contributed by atoms with Gasteiger partial charge in [-0.1, -0.05) is 12.1 Å². The number of hydrogen-bond acceptors (Lipinski definition) is 6. The molecule has 2 aromatic heterocycles. The second-order valence-corrected chi connectivity index (χ2v) is 7.64. The molecule has 144 valence electrons. The predicted octanol–water partition coefficient (Wildman–Crippen LogP) is 2.74. The SMILES string of the molecule is COc1ncccc1CN1CC2(CC(OCc3cncc(C)c3)CCO2)C1. The van der Waals surface area contributed by atoms with E-state index in [0.717, 1.165) is 50.2 Å². The number of aryl methyl sites for hydroxylation is 1. The lowest BCUT2D eigenvalue weighted by Gasteiger charge is -2.53. The fourth-order valence-corrected chi connectivity index (χ4v) is 4.11. The topological polar surface area (TPSA) is 56.7 Å². The molecule has 4 heterocycles. The van der Waals surface area contributed by atoms with Crippen LogP contribution in [0.15, 0.2) is 36.8 Å². The molecule has 2 aliphatic rings. The molecule has 2 aromatic rings. The Bertz CT molecular complexity index is 777. The Kier molecular flexibility index (Phi) is 5.38. The van der Waals surface area contributed by atoms with Crippen LogP contribution in [0.5, 0.6) is 5.88 Å². The van der Waals surface area contributed by atoms with Gasteiger partial charge in [0.1, 0.15) is 0 Å². The molecule has 0 radical (unpaired) electrons. The maximum Gasteiger partial charge on any atom is 0.217 e. The number of likely N-dealkylation sites (tertiary alicyclic amines) is 1. The zero-order valence-corrected chi connectivity index (χ0v) is 16.1. The number of rotatable bonds is 6. The molecule has 0 bridgehead atoms. The molecule has 1 spiro atoms. The third kappa shape index (κ3) is 4.29. The Labute approximate surface area is 160 Å². The van der Waals surface area contributed by atoms with Crippen molar-refractivity contribution >= 4 is 0 Å². The van der Waals surface area contributed by atoms with E-state index in [1.807, 2.05) is 18.5 Å². The number of aromatic nitrogens is 2. The number of ether oxygens (including phenoxy) is 3. The zero-order valence-electron chi connectivity index (χ0n) is 16.1. The van der Waals surface area contributed by atoms with Gasteiger partial charge in [0.2, 0.25) is 5.88 Å². The highest BCUT2D eigenvalue weighted by molar-refractivity contribution is 5.26. The summed E-state index contributed by atoms with van der Waals surface area (Å²) >= 11 is 0. The molecule has 1 atom stereocenters. The molecule has 2 aliphatic heterocycles. The number of hydrogen-bond donors (Lipinski definition) is 0. The van der Waals surface area contributed by atoms with Crippen molar-refractivity contribution in [3.8, 4) is 5.88 Å². The minimum atomic E-state index is -0.0663. The third-order valence-electron chi connectivity index (χ3n) is 5.33. The number of nitrogens with zero attached hydrogens (tertiary/aromatic N) is 3. The highest BCUT2D eigenvalue weighted by Crippen LogP contribution is 2.36. The largest absolute Gasteiger partial charge is 0.481 e. The molecule has 0 saturated carbocycles. The van der Waals surface area contributed by atoms with Gasteiger partial charge in [0.25, 0.3) is 0 Å². The van der Waals surface area contributed by atoms with Gasteiger partial charge in [0.15, 0.2) is 0 Å². The van der Waals surface area contributed by atoms with Crippen LogP contribution in [0.3, 0.4) is 0 Å². The lowest BCUT2D eigenvalue weighted by atomic mass is 9.84. The van der Waals surface area contributed by atoms with Gasteiger partial charge >= 0.3 is 0 Å². The standard InChI is InChI=1S/C21H27N3O3/c1-16-8-17(11-22-10-16)13-26-19-5-7-27-21(9-19)14-24(15-21)12-18-4-3-6-23-20(18)25-2/h3-4,6,8,10-11,19H,5,7,9,12-15H2,1-2H3. The van der Waals surface area contributed by atoms with Crippen molar-refractivity contribution < 1.29 is 14.2 Å². The minimum Gasteiger partial charge on any atom is -0.481 e. The molecule has 2 saturated heterocycles. The van der Waals surface area contributed by atoms with E-state index in [2.05, 4.69) is 33.9 Å². The molecule has 4 rings (SSSR count). The van der Waals surface area contributed by atoms with Gasteiger partial charge in [0, 0.05) is 56.8 Å². The molecule has 6 nitrogen and oxygen atoms in total. The van der Waals surface area contributed by atoms with Crippen LogP contribution in [0.25, 0.3) is 0 Å². The normalized spacial score (nSPS) is 21.8. The second-order valence-electron chi connectivity index (χ2n) is 7.64. The Morgan fingerprint density at radius 2 is 2.22 bits per heavy atom. The lowest BCUT2D eigenvalue weighted by molar-refractivity contribution is -0.200. The molecular formula is C21H27N3O3. The first-order valence-electron chi connectivity index (χ1n) is 9.52. The zero-order chi connectivity index (χ0) is 18.7. The molecule has 27 heavy (non-hydrogen) atoms. The van der Waals surface area contributed by atoms with Crippen molar-refractivity contribution in [3.05, 3.63) is 53.5 Å². The molecule has 0 aromatic carbocycles. The van der Waals surface area contributed by atoms with Crippen molar-refractivity contribution in [1.29, 1.82) is 0 Å². The molecule has 0 aliphatic carbocycles. The Morgan fingerprint density at radius 1 is 1.33 bits per heavy atom. The molecule has 0 amide bonds. The summed E-state index contributed by atoms with van der Waals surface area (Å²) in [5.41, 5.74) is 3.35. The first-order valence-corrected chi connectivity index (χ1v) is 9.52. The summed E-state index contributed by atoms with van der Waals surface area (Å²) in [5, 5.41) is 0. The average Bonchev–Trinajstić information content (AvgIpc) is 2.66. The van der Waals surface area contributed by atoms with Crippen LogP contribution < -0.4 is 4.74 Å². The summed E-state index contributed by atoms with van der Waals surface area (Å²) in [6.07, 6.45) is 7.66. The fourth-order valence-electron chi connectivity index (χ4n) is 4.11. The van der Waals surface area contributed by atoms with E-state index in [0.29, 0.717) is 12.5 Å². The average molecular weight is 369 g/mol. The second kappa shape index (κ2) is 7.92. The molecule has 2 fully saturated rings. The van der Waals surface area contributed by atoms with Gasteiger partial charge in [0.05, 0.1) is 25.4 Å². The minimum absolute atomic E-state index is 0.0663. The molecular weight excluding hydrogens is 342 g/mol. The number of methoxy groups -OCH3 is 1. The first kappa shape index (κ1) is 18.3. The highest BCUT2D eigenvalue weighted by atomic mass is 16.5. The fraction of sp³-hybridized carbons (Fsp3) is 0.524. The smallest absolute Gasteiger partial charge is 0.217 e. The third-order valence-corrected chi connectivity index (χ3v) is 5.33. The van der Waals surface area contributed by atoms with E-state index in [9.17, 15) is 0 Å². The van der Waals surface area contributed by atoms with Crippen LogP contribution in [0.1, 0.15) is 29.5 Å². The number of pyridine rings is 2. The van der Waals surface area contributed by atoms with Crippen molar-refractivity contribution in [1.82, 2.24) is 14.9 Å². The highest BCUT2D eigenvalue weighted by Gasteiger charge is 2.47. The summed E-state index contributed by atoms with van der Waals surface area (Å²) in [5.74, 6) is 0.705. The van der Waals surface area contributed by atoms with E-state index in [1.54, 1.807) is 13.3 Å². The van der Waals surface area contributed by atoms with Crippen molar-refractivity contribution in [2.75, 3.05) is 26.8 Å². The van der Waals surface area contributed by atoms with E-state index in [1.165, 1.54) is 5.56 Å².